The molecule has 2 N–H and O–H groups in total. The highest BCUT2D eigenvalue weighted by Crippen LogP contribution is 2.32. The maximum absolute atomic E-state index is 13.1. The number of hydrogen-bond donors (Lipinski definition) is 2. The Balaban J connectivity index is 1.38. The van der Waals surface area contributed by atoms with Crippen molar-refractivity contribution in [2.75, 3.05) is 23.6 Å². The normalized spacial score (nSPS) is 11.6. The summed E-state index contributed by atoms with van der Waals surface area (Å²) in [6.07, 6.45) is 2.35. The molecule has 2 aromatic carbocycles. The SMILES string of the molecule is CCc1ccc(N(CC(=O)NCc2ccc3c(c2)OCO3)C(=O)CCC(=O)Nc2ccccn2)cc1. The Morgan fingerprint density at radius 1 is 0.917 bits per heavy atom. The fourth-order valence-electron chi connectivity index (χ4n) is 3.68. The smallest absolute Gasteiger partial charge is 0.240 e. The van der Waals surface area contributed by atoms with Crippen molar-refractivity contribution in [3.05, 3.63) is 78.0 Å². The molecule has 2 heterocycles. The molecule has 0 spiro atoms. The molecule has 0 unspecified atom stereocenters. The lowest BCUT2D eigenvalue weighted by atomic mass is 10.1. The number of anilines is 2. The van der Waals surface area contributed by atoms with Gasteiger partial charge in [0.2, 0.25) is 24.5 Å². The number of nitrogens with zero attached hydrogens (tertiary/aromatic N) is 2. The van der Waals surface area contributed by atoms with Crippen molar-refractivity contribution in [3.8, 4) is 11.5 Å². The summed E-state index contributed by atoms with van der Waals surface area (Å²) >= 11 is 0. The quantitative estimate of drug-likeness (QED) is 0.452. The van der Waals surface area contributed by atoms with Gasteiger partial charge in [-0.05, 0) is 53.9 Å². The predicted molar refractivity (Wildman–Crippen MR) is 135 cm³/mol. The molecule has 1 aliphatic heterocycles. The molecule has 186 valence electrons. The number of rotatable bonds is 10. The first-order chi connectivity index (χ1) is 17.5. The van der Waals surface area contributed by atoms with Gasteiger partial charge >= 0.3 is 0 Å². The van der Waals surface area contributed by atoms with Crippen LogP contribution >= 0.6 is 0 Å². The number of aromatic nitrogens is 1. The number of carbonyl (C=O) groups excluding carboxylic acids is 3. The zero-order valence-electron chi connectivity index (χ0n) is 20.0. The molecule has 3 amide bonds. The predicted octanol–water partition coefficient (Wildman–Crippen LogP) is 3.44. The van der Waals surface area contributed by atoms with Gasteiger partial charge in [0.25, 0.3) is 0 Å². The summed E-state index contributed by atoms with van der Waals surface area (Å²) in [7, 11) is 0. The first-order valence-electron chi connectivity index (χ1n) is 11.8. The molecule has 0 atom stereocenters. The third-order valence-corrected chi connectivity index (χ3v) is 5.68. The molecule has 0 bridgehead atoms. The van der Waals surface area contributed by atoms with Crippen LogP contribution in [0.3, 0.4) is 0 Å². The molecule has 9 nitrogen and oxygen atoms in total. The lowest BCUT2D eigenvalue weighted by molar-refractivity contribution is -0.125. The molecule has 1 aliphatic rings. The number of carbonyl (C=O) groups is 3. The number of benzene rings is 2. The van der Waals surface area contributed by atoms with Crippen LogP contribution in [0.4, 0.5) is 11.5 Å². The number of amides is 3. The van der Waals surface area contributed by atoms with Crippen LogP contribution < -0.4 is 25.0 Å². The van der Waals surface area contributed by atoms with Crippen molar-refractivity contribution in [2.24, 2.45) is 0 Å². The minimum absolute atomic E-state index is 0.0300. The molecular weight excluding hydrogens is 460 g/mol. The molecule has 36 heavy (non-hydrogen) atoms. The van der Waals surface area contributed by atoms with E-state index in [1.165, 1.54) is 4.90 Å². The molecule has 9 heteroatoms. The van der Waals surface area contributed by atoms with Crippen LogP contribution in [0.5, 0.6) is 11.5 Å². The minimum Gasteiger partial charge on any atom is -0.454 e. The van der Waals surface area contributed by atoms with E-state index in [0.29, 0.717) is 23.0 Å². The van der Waals surface area contributed by atoms with E-state index in [-0.39, 0.29) is 50.4 Å². The standard InChI is InChI=1S/C27H28N4O5/c1-2-19-6-9-21(10-7-19)31(27(34)13-12-25(32)30-24-5-3-4-14-28-24)17-26(33)29-16-20-8-11-22-23(15-20)36-18-35-22/h3-11,14-15H,2,12-13,16-18H2,1H3,(H,29,33)(H,28,30,32). The van der Waals surface area contributed by atoms with Crippen LogP contribution in [0.2, 0.25) is 0 Å². The van der Waals surface area contributed by atoms with Crippen LogP contribution in [0.1, 0.15) is 30.9 Å². The van der Waals surface area contributed by atoms with E-state index in [9.17, 15) is 14.4 Å². The number of ether oxygens (including phenoxy) is 2. The summed E-state index contributed by atoms with van der Waals surface area (Å²) in [6.45, 7) is 2.33. The Bertz CT molecular complexity index is 1210. The molecule has 0 aliphatic carbocycles. The van der Waals surface area contributed by atoms with Gasteiger partial charge in [0.1, 0.15) is 12.4 Å². The number of fused-ring (bicyclic) bond motifs is 1. The van der Waals surface area contributed by atoms with Crippen LogP contribution in [0.25, 0.3) is 0 Å². The number of hydrogen-bond acceptors (Lipinski definition) is 6. The maximum Gasteiger partial charge on any atom is 0.240 e. The van der Waals surface area contributed by atoms with Gasteiger partial charge in [0.15, 0.2) is 11.5 Å². The fourth-order valence-corrected chi connectivity index (χ4v) is 3.68. The van der Waals surface area contributed by atoms with Crippen LogP contribution in [0, 0.1) is 0 Å². The highest BCUT2D eigenvalue weighted by molar-refractivity contribution is 6.01. The molecule has 0 radical (unpaired) electrons. The first-order valence-corrected chi connectivity index (χ1v) is 11.8. The third-order valence-electron chi connectivity index (χ3n) is 5.68. The molecule has 0 fully saturated rings. The van der Waals surface area contributed by atoms with Crippen molar-refractivity contribution < 1.29 is 23.9 Å². The second kappa shape index (κ2) is 11.8. The number of nitrogens with one attached hydrogen (secondary N) is 2. The lowest BCUT2D eigenvalue weighted by Gasteiger charge is -2.23. The molecular formula is C27H28N4O5. The average molecular weight is 489 g/mol. The molecule has 1 aromatic heterocycles. The van der Waals surface area contributed by atoms with Crippen LogP contribution in [-0.2, 0) is 27.3 Å². The van der Waals surface area contributed by atoms with Crippen LogP contribution in [0.15, 0.2) is 66.9 Å². The van der Waals surface area contributed by atoms with Crippen LogP contribution in [-0.4, -0.2) is 36.0 Å². The van der Waals surface area contributed by atoms with Gasteiger partial charge in [0, 0.05) is 31.3 Å². The summed E-state index contributed by atoms with van der Waals surface area (Å²) in [6, 6.07) is 18.1. The Hall–Kier alpha value is -4.40. The van der Waals surface area contributed by atoms with Crippen molar-refractivity contribution in [1.29, 1.82) is 0 Å². The van der Waals surface area contributed by atoms with E-state index in [4.69, 9.17) is 9.47 Å². The van der Waals surface area contributed by atoms with Gasteiger partial charge in [-0.2, -0.15) is 0 Å². The molecule has 0 saturated heterocycles. The second-order valence-corrected chi connectivity index (χ2v) is 8.23. The number of aryl methyl sites for hydroxylation is 1. The first kappa shape index (κ1) is 24.7. The van der Waals surface area contributed by atoms with Gasteiger partial charge < -0.3 is 25.0 Å². The summed E-state index contributed by atoms with van der Waals surface area (Å²) in [5.41, 5.74) is 2.57. The van der Waals surface area contributed by atoms with E-state index in [2.05, 4.69) is 15.6 Å². The topological polar surface area (TPSA) is 110 Å². The van der Waals surface area contributed by atoms with Gasteiger partial charge in [-0.1, -0.05) is 31.2 Å². The summed E-state index contributed by atoms with van der Waals surface area (Å²) in [5, 5.41) is 5.52. The van der Waals surface area contributed by atoms with E-state index in [1.54, 1.807) is 30.5 Å². The Labute approximate surface area is 209 Å². The Morgan fingerprint density at radius 2 is 1.69 bits per heavy atom. The zero-order chi connectivity index (χ0) is 25.3. The third kappa shape index (κ3) is 6.59. The summed E-state index contributed by atoms with van der Waals surface area (Å²) in [4.78, 5) is 43.7. The van der Waals surface area contributed by atoms with Gasteiger partial charge in [-0.15, -0.1) is 0 Å². The maximum atomic E-state index is 13.1. The van der Waals surface area contributed by atoms with E-state index >= 15 is 0 Å². The van der Waals surface area contributed by atoms with Crippen molar-refractivity contribution in [3.63, 3.8) is 0 Å². The molecule has 3 aromatic rings. The Kier molecular flexibility index (Phi) is 8.12. The summed E-state index contributed by atoms with van der Waals surface area (Å²) in [5.74, 6) is 0.760. The van der Waals surface area contributed by atoms with Gasteiger partial charge in [-0.25, -0.2) is 4.98 Å². The van der Waals surface area contributed by atoms with E-state index < -0.39 is 0 Å². The van der Waals surface area contributed by atoms with Gasteiger partial charge in [0.05, 0.1) is 0 Å². The Morgan fingerprint density at radius 3 is 2.44 bits per heavy atom. The van der Waals surface area contributed by atoms with E-state index in [0.717, 1.165) is 17.5 Å². The van der Waals surface area contributed by atoms with Crippen molar-refractivity contribution >= 4 is 29.2 Å². The average Bonchev–Trinajstić information content (AvgIpc) is 3.38. The van der Waals surface area contributed by atoms with Gasteiger partial charge in [-0.3, -0.25) is 14.4 Å². The molecule has 4 rings (SSSR count). The second-order valence-electron chi connectivity index (χ2n) is 8.23. The van der Waals surface area contributed by atoms with Crippen molar-refractivity contribution in [2.45, 2.75) is 32.7 Å². The zero-order valence-corrected chi connectivity index (χ0v) is 20.0. The minimum atomic E-state index is -0.325. The highest BCUT2D eigenvalue weighted by atomic mass is 16.7. The largest absolute Gasteiger partial charge is 0.454 e. The molecule has 0 saturated carbocycles. The summed E-state index contributed by atoms with van der Waals surface area (Å²) < 4.78 is 10.7. The monoisotopic (exact) mass is 488 g/mol. The fraction of sp³-hybridized carbons (Fsp3) is 0.259. The van der Waals surface area contributed by atoms with Crippen molar-refractivity contribution in [1.82, 2.24) is 10.3 Å². The lowest BCUT2D eigenvalue weighted by Crippen LogP contribution is -2.41. The number of pyridine rings is 1. The highest BCUT2D eigenvalue weighted by Gasteiger charge is 2.21. The van der Waals surface area contributed by atoms with E-state index in [1.807, 2.05) is 43.3 Å².